The molecule has 0 radical (unpaired) electrons. The van der Waals surface area contributed by atoms with Gasteiger partial charge < -0.3 is 10.4 Å². The summed E-state index contributed by atoms with van der Waals surface area (Å²) in [5, 5.41) is 13.3. The zero-order valence-electron chi connectivity index (χ0n) is 11.0. The van der Waals surface area contributed by atoms with Crippen LogP contribution in [0, 0.1) is 0 Å². The Kier molecular flexibility index (Phi) is 6.33. The second-order valence-electron chi connectivity index (χ2n) is 5.26. The predicted octanol–water partition coefficient (Wildman–Crippen LogP) is 4.56. The van der Waals surface area contributed by atoms with Crippen LogP contribution in [0.1, 0.15) is 50.1 Å². The van der Waals surface area contributed by atoms with E-state index in [9.17, 15) is 5.11 Å². The van der Waals surface area contributed by atoms with Crippen molar-refractivity contribution in [3.8, 4) is 0 Å². The molecule has 2 N–H and O–H groups in total. The van der Waals surface area contributed by atoms with Crippen molar-refractivity contribution in [1.82, 2.24) is 5.32 Å². The smallest absolute Gasteiger partial charge is 0.0626 e. The van der Waals surface area contributed by atoms with Crippen molar-refractivity contribution in [2.45, 2.75) is 50.6 Å². The molecule has 0 saturated heterocycles. The first-order valence-corrected chi connectivity index (χ1v) is 8.61. The minimum absolute atomic E-state index is 0.0347. The van der Waals surface area contributed by atoms with Crippen molar-refractivity contribution in [2.24, 2.45) is 0 Å². The molecule has 0 spiro atoms. The largest absolute Gasteiger partial charge is 0.394 e. The summed E-state index contributed by atoms with van der Waals surface area (Å²) in [5.41, 5.74) is 1.14. The van der Waals surface area contributed by atoms with E-state index in [0.29, 0.717) is 6.04 Å². The maximum Gasteiger partial charge on any atom is 0.0626 e. The fraction of sp³-hybridized carbons (Fsp3) is 0.600. The summed E-state index contributed by atoms with van der Waals surface area (Å²) in [5.74, 6) is 0. The molecule has 2 nitrogen and oxygen atoms in total. The van der Waals surface area contributed by atoms with Gasteiger partial charge in [0.25, 0.3) is 0 Å². The molecule has 106 valence electrons. The van der Waals surface area contributed by atoms with Crippen molar-refractivity contribution < 1.29 is 5.11 Å². The number of hydrogen-bond acceptors (Lipinski definition) is 2. The van der Waals surface area contributed by atoms with Crippen LogP contribution in [-0.4, -0.2) is 17.8 Å². The number of halogens is 2. The summed E-state index contributed by atoms with van der Waals surface area (Å²) >= 11 is 7.00. The molecule has 0 bridgehead atoms. The van der Waals surface area contributed by atoms with Gasteiger partial charge in [-0.25, -0.2) is 0 Å². The van der Waals surface area contributed by atoms with Gasteiger partial charge in [-0.3, -0.25) is 0 Å². The second-order valence-corrected chi connectivity index (χ2v) is 6.97. The van der Waals surface area contributed by atoms with E-state index in [0.717, 1.165) is 14.5 Å². The summed E-state index contributed by atoms with van der Waals surface area (Å²) in [6.07, 6.45) is 7.78. The van der Waals surface area contributed by atoms with E-state index in [4.69, 9.17) is 0 Å². The standard InChI is InChI=1S/C15H21Br2NO/c16-13-8-7-11(9-14(13)17)15(10-19)18-12-5-3-1-2-4-6-12/h7-9,12,15,18-19H,1-6,10H2. The van der Waals surface area contributed by atoms with Gasteiger partial charge >= 0.3 is 0 Å². The second kappa shape index (κ2) is 7.77. The van der Waals surface area contributed by atoms with E-state index in [1.807, 2.05) is 6.07 Å². The van der Waals surface area contributed by atoms with Gasteiger partial charge in [0.15, 0.2) is 0 Å². The van der Waals surface area contributed by atoms with E-state index in [2.05, 4.69) is 49.3 Å². The molecular weight excluding hydrogens is 370 g/mol. The minimum Gasteiger partial charge on any atom is -0.394 e. The van der Waals surface area contributed by atoms with Crippen LogP contribution in [0.3, 0.4) is 0 Å². The zero-order chi connectivity index (χ0) is 13.7. The van der Waals surface area contributed by atoms with Gasteiger partial charge in [-0.1, -0.05) is 31.7 Å². The maximum absolute atomic E-state index is 9.65. The average molecular weight is 391 g/mol. The third kappa shape index (κ3) is 4.55. The molecule has 1 unspecified atom stereocenters. The molecule has 1 atom stereocenters. The highest BCUT2D eigenvalue weighted by molar-refractivity contribution is 9.13. The first-order valence-electron chi connectivity index (χ1n) is 7.02. The van der Waals surface area contributed by atoms with Gasteiger partial charge in [0.2, 0.25) is 0 Å². The topological polar surface area (TPSA) is 32.3 Å². The molecular formula is C15H21Br2NO. The van der Waals surface area contributed by atoms with Crippen molar-refractivity contribution in [1.29, 1.82) is 0 Å². The molecule has 0 aliphatic heterocycles. The number of rotatable bonds is 4. The average Bonchev–Trinajstić information content (AvgIpc) is 2.68. The Hall–Kier alpha value is 0.1000. The van der Waals surface area contributed by atoms with Crippen molar-refractivity contribution >= 4 is 31.9 Å². The minimum atomic E-state index is 0.0347. The zero-order valence-corrected chi connectivity index (χ0v) is 14.2. The Bertz CT molecular complexity index is 403. The van der Waals surface area contributed by atoms with Crippen LogP contribution >= 0.6 is 31.9 Å². The number of benzene rings is 1. The van der Waals surface area contributed by atoms with Crippen LogP contribution in [0.15, 0.2) is 27.1 Å². The summed E-state index contributed by atoms with van der Waals surface area (Å²) < 4.78 is 2.08. The molecule has 1 aliphatic carbocycles. The molecule has 0 aromatic heterocycles. The highest BCUT2D eigenvalue weighted by atomic mass is 79.9. The lowest BCUT2D eigenvalue weighted by Gasteiger charge is -2.24. The summed E-state index contributed by atoms with van der Waals surface area (Å²) in [7, 11) is 0. The lowest BCUT2D eigenvalue weighted by Crippen LogP contribution is -2.34. The Balaban J connectivity index is 2.03. The first-order chi connectivity index (χ1) is 9.20. The van der Waals surface area contributed by atoms with Gasteiger partial charge in [-0.15, -0.1) is 0 Å². The SMILES string of the molecule is OCC(NC1CCCCCC1)c1ccc(Br)c(Br)c1. The van der Waals surface area contributed by atoms with Crippen LogP contribution in [0.4, 0.5) is 0 Å². The van der Waals surface area contributed by atoms with E-state index < -0.39 is 0 Å². The molecule has 1 aromatic carbocycles. The van der Waals surface area contributed by atoms with Crippen LogP contribution in [-0.2, 0) is 0 Å². The Morgan fingerprint density at radius 3 is 2.37 bits per heavy atom. The summed E-state index contributed by atoms with van der Waals surface area (Å²) in [4.78, 5) is 0. The lowest BCUT2D eigenvalue weighted by molar-refractivity contribution is 0.228. The Labute approximate surface area is 132 Å². The molecule has 4 heteroatoms. The number of hydrogen-bond donors (Lipinski definition) is 2. The first kappa shape index (κ1) is 15.5. The van der Waals surface area contributed by atoms with Gasteiger partial charge in [0.1, 0.15) is 0 Å². The maximum atomic E-state index is 9.65. The molecule has 1 saturated carbocycles. The van der Waals surface area contributed by atoms with Crippen molar-refractivity contribution in [2.75, 3.05) is 6.61 Å². The Morgan fingerprint density at radius 2 is 1.79 bits per heavy atom. The van der Waals surface area contributed by atoms with Gasteiger partial charge in [0, 0.05) is 15.0 Å². The number of aliphatic hydroxyl groups excluding tert-OH is 1. The third-order valence-electron chi connectivity index (χ3n) is 3.82. The molecule has 1 aliphatic rings. The normalized spacial score (nSPS) is 19.1. The molecule has 0 heterocycles. The van der Waals surface area contributed by atoms with Gasteiger partial charge in [-0.05, 0) is 62.4 Å². The van der Waals surface area contributed by atoms with Crippen LogP contribution in [0.2, 0.25) is 0 Å². The summed E-state index contributed by atoms with van der Waals surface area (Å²) in [6.45, 7) is 0.143. The van der Waals surface area contributed by atoms with Crippen LogP contribution in [0.25, 0.3) is 0 Å². The molecule has 2 rings (SSSR count). The van der Waals surface area contributed by atoms with Gasteiger partial charge in [-0.2, -0.15) is 0 Å². The van der Waals surface area contributed by atoms with Gasteiger partial charge in [0.05, 0.1) is 12.6 Å². The van der Waals surface area contributed by atoms with E-state index in [1.165, 1.54) is 38.5 Å². The highest BCUT2D eigenvalue weighted by Crippen LogP contribution is 2.27. The van der Waals surface area contributed by atoms with E-state index >= 15 is 0 Å². The fourth-order valence-corrected chi connectivity index (χ4v) is 3.36. The van der Waals surface area contributed by atoms with E-state index in [1.54, 1.807) is 0 Å². The highest BCUT2D eigenvalue weighted by Gasteiger charge is 2.18. The molecule has 1 aromatic rings. The number of nitrogens with one attached hydrogen (secondary N) is 1. The third-order valence-corrected chi connectivity index (χ3v) is 5.70. The molecule has 0 amide bonds. The van der Waals surface area contributed by atoms with Crippen molar-refractivity contribution in [3.05, 3.63) is 32.7 Å². The Morgan fingerprint density at radius 1 is 1.11 bits per heavy atom. The lowest BCUT2D eigenvalue weighted by atomic mass is 10.0. The van der Waals surface area contributed by atoms with E-state index in [-0.39, 0.29) is 12.6 Å². The predicted molar refractivity (Wildman–Crippen MR) is 86.3 cm³/mol. The van der Waals surface area contributed by atoms with Crippen LogP contribution in [0.5, 0.6) is 0 Å². The summed E-state index contributed by atoms with van der Waals surface area (Å²) in [6, 6.07) is 6.75. The quantitative estimate of drug-likeness (QED) is 0.738. The van der Waals surface area contributed by atoms with Crippen molar-refractivity contribution in [3.63, 3.8) is 0 Å². The molecule has 1 fully saturated rings. The van der Waals surface area contributed by atoms with Crippen LogP contribution < -0.4 is 5.32 Å². The number of aliphatic hydroxyl groups is 1. The monoisotopic (exact) mass is 389 g/mol. The molecule has 19 heavy (non-hydrogen) atoms. The fourth-order valence-electron chi connectivity index (χ4n) is 2.71.